The second-order valence-electron chi connectivity index (χ2n) is 7.81. The minimum Gasteiger partial charge on any atom is -0.457 e. The van der Waals surface area contributed by atoms with Gasteiger partial charge in [0.1, 0.15) is 17.5 Å². The number of para-hydroxylation sites is 1. The van der Waals surface area contributed by atoms with Gasteiger partial charge in [0.15, 0.2) is 0 Å². The fraction of sp³-hybridized carbons (Fsp3) is 0.458. The SMILES string of the molecule is CCCC[C@H](CC)CNC(=O)[C@@H](C)N(c1ccc(Oc2ccccc2)cc1)S(C)(=O)=O. The summed E-state index contributed by atoms with van der Waals surface area (Å²) >= 11 is 0. The van der Waals surface area contributed by atoms with Gasteiger partial charge >= 0.3 is 0 Å². The number of sulfonamides is 1. The van der Waals surface area contributed by atoms with Crippen LogP contribution in [0.2, 0.25) is 0 Å². The summed E-state index contributed by atoms with van der Waals surface area (Å²) in [6, 6.07) is 15.2. The molecule has 0 aliphatic carbocycles. The van der Waals surface area contributed by atoms with E-state index in [2.05, 4.69) is 19.2 Å². The lowest BCUT2D eigenvalue weighted by molar-refractivity contribution is -0.122. The Hall–Kier alpha value is -2.54. The fourth-order valence-electron chi connectivity index (χ4n) is 3.43. The molecule has 0 aromatic heterocycles. The van der Waals surface area contributed by atoms with E-state index in [0.717, 1.165) is 36.2 Å². The molecule has 1 amide bonds. The average molecular weight is 447 g/mol. The van der Waals surface area contributed by atoms with Crippen LogP contribution in [0, 0.1) is 5.92 Å². The van der Waals surface area contributed by atoms with Gasteiger partial charge in [-0.25, -0.2) is 8.42 Å². The first kappa shape index (κ1) is 24.7. The highest BCUT2D eigenvalue weighted by molar-refractivity contribution is 7.92. The highest BCUT2D eigenvalue weighted by Gasteiger charge is 2.29. The van der Waals surface area contributed by atoms with Crippen molar-refractivity contribution in [1.29, 1.82) is 0 Å². The summed E-state index contributed by atoms with van der Waals surface area (Å²) in [5.74, 6) is 1.38. The molecule has 2 aromatic rings. The number of rotatable bonds is 12. The van der Waals surface area contributed by atoms with Gasteiger partial charge < -0.3 is 10.1 Å². The van der Waals surface area contributed by atoms with E-state index in [9.17, 15) is 13.2 Å². The number of unbranched alkanes of at least 4 members (excludes halogenated alkanes) is 1. The van der Waals surface area contributed by atoms with Crippen molar-refractivity contribution in [2.24, 2.45) is 5.92 Å². The molecule has 0 saturated carbocycles. The zero-order valence-electron chi connectivity index (χ0n) is 18.9. The van der Waals surface area contributed by atoms with Crippen molar-refractivity contribution >= 4 is 21.6 Å². The first-order valence-corrected chi connectivity index (χ1v) is 12.7. The molecular formula is C24H34N2O4S. The van der Waals surface area contributed by atoms with Gasteiger partial charge in [-0.05, 0) is 55.7 Å². The number of anilines is 1. The van der Waals surface area contributed by atoms with Crippen LogP contribution < -0.4 is 14.4 Å². The Bertz CT molecular complexity index is 914. The summed E-state index contributed by atoms with van der Waals surface area (Å²) in [5.41, 5.74) is 0.420. The Morgan fingerprint density at radius 2 is 1.65 bits per heavy atom. The number of hydrogen-bond acceptors (Lipinski definition) is 4. The maximum atomic E-state index is 12.8. The van der Waals surface area contributed by atoms with Crippen LogP contribution in [0.4, 0.5) is 5.69 Å². The van der Waals surface area contributed by atoms with Gasteiger partial charge in [-0.15, -0.1) is 0 Å². The van der Waals surface area contributed by atoms with E-state index in [1.807, 2.05) is 30.3 Å². The molecule has 1 N–H and O–H groups in total. The molecule has 2 aromatic carbocycles. The first-order valence-electron chi connectivity index (χ1n) is 10.9. The molecule has 170 valence electrons. The van der Waals surface area contributed by atoms with Crippen LogP contribution in [0.15, 0.2) is 54.6 Å². The second kappa shape index (κ2) is 11.7. The molecule has 0 saturated heterocycles. The summed E-state index contributed by atoms with van der Waals surface area (Å²) in [6.45, 7) is 6.42. The maximum absolute atomic E-state index is 12.8. The standard InChI is InChI=1S/C24H34N2O4S/c1-5-7-11-20(6-2)18-25-24(27)19(3)26(31(4,28)29)21-14-16-23(17-15-21)30-22-12-9-8-10-13-22/h8-10,12-17,19-20H,5-7,11,18H2,1-4H3,(H,25,27)/t19-,20+/m1/s1. The molecule has 0 aliphatic rings. The number of carbonyl (C=O) groups excluding carboxylic acids is 1. The van der Waals surface area contributed by atoms with Gasteiger partial charge in [-0.2, -0.15) is 0 Å². The zero-order valence-corrected chi connectivity index (χ0v) is 19.7. The summed E-state index contributed by atoms with van der Waals surface area (Å²) in [5, 5.41) is 2.94. The molecule has 0 spiro atoms. The van der Waals surface area contributed by atoms with E-state index >= 15 is 0 Å². The van der Waals surface area contributed by atoms with E-state index in [1.54, 1.807) is 31.2 Å². The Morgan fingerprint density at radius 3 is 2.19 bits per heavy atom. The van der Waals surface area contributed by atoms with E-state index < -0.39 is 16.1 Å². The van der Waals surface area contributed by atoms with Gasteiger partial charge in [0.05, 0.1) is 11.9 Å². The first-order chi connectivity index (χ1) is 14.8. The third-order valence-corrected chi connectivity index (χ3v) is 6.51. The molecule has 0 fully saturated rings. The lowest BCUT2D eigenvalue weighted by Gasteiger charge is -2.29. The molecule has 7 heteroatoms. The predicted molar refractivity (Wildman–Crippen MR) is 126 cm³/mol. The average Bonchev–Trinajstić information content (AvgIpc) is 2.74. The third-order valence-electron chi connectivity index (χ3n) is 5.27. The molecule has 0 radical (unpaired) electrons. The van der Waals surface area contributed by atoms with Gasteiger partial charge in [-0.3, -0.25) is 9.10 Å². The van der Waals surface area contributed by atoms with Crippen LogP contribution in [0.3, 0.4) is 0 Å². The third kappa shape index (κ3) is 7.58. The van der Waals surface area contributed by atoms with Crippen LogP contribution in [0.1, 0.15) is 46.5 Å². The zero-order chi connectivity index (χ0) is 22.9. The molecule has 0 heterocycles. The number of nitrogens with zero attached hydrogens (tertiary/aromatic N) is 1. The summed E-state index contributed by atoms with van der Waals surface area (Å²) in [6.07, 6.45) is 5.39. The summed E-state index contributed by atoms with van der Waals surface area (Å²) < 4.78 is 31.9. The van der Waals surface area contributed by atoms with Crippen molar-refractivity contribution in [3.8, 4) is 11.5 Å². The number of amides is 1. The Morgan fingerprint density at radius 1 is 1.03 bits per heavy atom. The van der Waals surface area contributed by atoms with Gasteiger partial charge in [-0.1, -0.05) is 51.3 Å². The van der Waals surface area contributed by atoms with Crippen LogP contribution in [0.25, 0.3) is 0 Å². The number of ether oxygens (including phenoxy) is 1. The normalized spacial score (nSPS) is 13.3. The Labute approximate surface area is 186 Å². The fourth-order valence-corrected chi connectivity index (χ4v) is 4.61. The monoisotopic (exact) mass is 446 g/mol. The Kier molecular flexibility index (Phi) is 9.37. The largest absolute Gasteiger partial charge is 0.457 e. The number of benzene rings is 2. The highest BCUT2D eigenvalue weighted by Crippen LogP contribution is 2.27. The van der Waals surface area contributed by atoms with Crippen molar-refractivity contribution in [2.75, 3.05) is 17.1 Å². The van der Waals surface area contributed by atoms with Crippen molar-refractivity contribution in [2.45, 2.75) is 52.5 Å². The van der Waals surface area contributed by atoms with E-state index in [4.69, 9.17) is 4.74 Å². The van der Waals surface area contributed by atoms with Crippen molar-refractivity contribution < 1.29 is 17.9 Å². The van der Waals surface area contributed by atoms with Crippen LogP contribution in [-0.4, -0.2) is 33.2 Å². The lowest BCUT2D eigenvalue weighted by atomic mass is 9.99. The second-order valence-corrected chi connectivity index (χ2v) is 9.66. The topological polar surface area (TPSA) is 75.7 Å². The van der Waals surface area contributed by atoms with E-state index in [-0.39, 0.29) is 5.91 Å². The van der Waals surface area contributed by atoms with Crippen LogP contribution >= 0.6 is 0 Å². The molecule has 0 aliphatic heterocycles. The quantitative estimate of drug-likeness (QED) is 0.500. The number of nitrogens with one attached hydrogen (secondary N) is 1. The predicted octanol–water partition coefficient (Wildman–Crippen LogP) is 4.97. The van der Waals surface area contributed by atoms with Gasteiger partial charge in [0.2, 0.25) is 15.9 Å². The number of carbonyl (C=O) groups is 1. The molecular weight excluding hydrogens is 412 g/mol. The summed E-state index contributed by atoms with van der Waals surface area (Å²) in [4.78, 5) is 12.8. The molecule has 31 heavy (non-hydrogen) atoms. The van der Waals surface area contributed by atoms with Crippen molar-refractivity contribution in [3.63, 3.8) is 0 Å². The molecule has 2 rings (SSSR count). The Balaban J connectivity index is 2.11. The molecule has 0 unspecified atom stereocenters. The minimum atomic E-state index is -3.66. The van der Waals surface area contributed by atoms with Gasteiger partial charge in [0.25, 0.3) is 0 Å². The molecule has 6 nitrogen and oxygen atoms in total. The molecule has 0 bridgehead atoms. The van der Waals surface area contributed by atoms with Crippen LogP contribution in [-0.2, 0) is 14.8 Å². The van der Waals surface area contributed by atoms with Crippen LogP contribution in [0.5, 0.6) is 11.5 Å². The van der Waals surface area contributed by atoms with E-state index in [0.29, 0.717) is 29.6 Å². The van der Waals surface area contributed by atoms with E-state index in [1.165, 1.54) is 0 Å². The maximum Gasteiger partial charge on any atom is 0.243 e. The van der Waals surface area contributed by atoms with Gasteiger partial charge in [0, 0.05) is 6.54 Å². The number of hydrogen-bond donors (Lipinski definition) is 1. The molecule has 2 atom stereocenters. The van der Waals surface area contributed by atoms with Crippen molar-refractivity contribution in [1.82, 2.24) is 5.32 Å². The minimum absolute atomic E-state index is 0.301. The van der Waals surface area contributed by atoms with Crippen molar-refractivity contribution in [3.05, 3.63) is 54.6 Å². The lowest BCUT2D eigenvalue weighted by Crippen LogP contribution is -2.48. The highest BCUT2D eigenvalue weighted by atomic mass is 32.2. The smallest absolute Gasteiger partial charge is 0.243 e. The summed E-state index contributed by atoms with van der Waals surface area (Å²) in [7, 11) is -3.66.